The molecule has 1 aliphatic heterocycles. The first-order chi connectivity index (χ1) is 19.2. The number of nitrogens with zero attached hydrogens (tertiary/aromatic N) is 3. The summed E-state index contributed by atoms with van der Waals surface area (Å²) >= 11 is 0. The zero-order valence-electron chi connectivity index (χ0n) is 22.8. The molecule has 5 rings (SSSR count). The molecule has 40 heavy (non-hydrogen) atoms. The number of urea groups is 1. The van der Waals surface area contributed by atoms with Crippen LogP contribution in [0.5, 0.6) is 5.88 Å². The van der Waals surface area contributed by atoms with E-state index in [9.17, 15) is 19.2 Å². The van der Waals surface area contributed by atoms with Gasteiger partial charge in [0, 0.05) is 18.5 Å². The highest BCUT2D eigenvalue weighted by molar-refractivity contribution is 5.98. The van der Waals surface area contributed by atoms with Crippen molar-refractivity contribution in [3.8, 4) is 5.88 Å². The third kappa shape index (κ3) is 5.64. The molecule has 5 unspecified atom stereocenters. The van der Waals surface area contributed by atoms with E-state index in [1.807, 2.05) is 50.3 Å². The van der Waals surface area contributed by atoms with Crippen molar-refractivity contribution in [3.05, 3.63) is 36.4 Å². The highest BCUT2D eigenvalue weighted by atomic mass is 16.5. The van der Waals surface area contributed by atoms with Crippen molar-refractivity contribution in [1.82, 2.24) is 20.2 Å². The van der Waals surface area contributed by atoms with Crippen molar-refractivity contribution < 1.29 is 23.9 Å². The van der Waals surface area contributed by atoms with E-state index in [2.05, 4.69) is 20.6 Å². The van der Waals surface area contributed by atoms with Crippen LogP contribution in [0, 0.1) is 17.8 Å². The molecule has 0 spiro atoms. The number of aromatic nitrogens is 2. The summed E-state index contributed by atoms with van der Waals surface area (Å²) in [6.45, 7) is 4.14. The first-order valence-electron chi connectivity index (χ1n) is 14.0. The number of aldehydes is 1. The minimum Gasteiger partial charge on any atom is -0.474 e. The highest BCUT2D eigenvalue weighted by Crippen LogP contribution is 2.45. The van der Waals surface area contributed by atoms with Crippen LogP contribution < -0.4 is 21.1 Å². The quantitative estimate of drug-likeness (QED) is 0.380. The summed E-state index contributed by atoms with van der Waals surface area (Å²) in [5, 5.41) is 6.82. The van der Waals surface area contributed by atoms with Gasteiger partial charge in [-0.1, -0.05) is 24.3 Å². The molecule has 11 heteroatoms. The molecule has 1 aromatic heterocycles. The second-order valence-electron chi connectivity index (χ2n) is 11.3. The van der Waals surface area contributed by atoms with Crippen LogP contribution in [0.25, 0.3) is 10.9 Å². The lowest BCUT2D eigenvalue weighted by molar-refractivity contribution is -0.139. The SMILES string of the molecule is CC(C)Nc1nc(OC2CC3C(=O)NC4(C=O)CC4/C=C/CCCCN(C(N)=O)C(=O)C3C2)c2ccccc2n1. The predicted octanol–water partition coefficient (Wildman–Crippen LogP) is 2.94. The number of ether oxygens (including phenoxy) is 1. The first kappa shape index (κ1) is 27.5. The molecule has 3 aliphatic rings. The Morgan fingerprint density at radius 3 is 2.73 bits per heavy atom. The maximum atomic E-state index is 13.7. The molecule has 1 aromatic carbocycles. The molecule has 212 valence electrons. The number of fused-ring (bicyclic) bond motifs is 3. The molecule has 0 radical (unpaired) electrons. The van der Waals surface area contributed by atoms with Gasteiger partial charge in [0.05, 0.1) is 22.7 Å². The number of primary amides is 1. The number of nitrogens with one attached hydrogen (secondary N) is 2. The lowest BCUT2D eigenvalue weighted by atomic mass is 9.93. The van der Waals surface area contributed by atoms with E-state index in [1.165, 1.54) is 0 Å². The predicted molar refractivity (Wildman–Crippen MR) is 148 cm³/mol. The van der Waals surface area contributed by atoms with E-state index in [1.54, 1.807) is 0 Å². The van der Waals surface area contributed by atoms with Gasteiger partial charge in [-0.2, -0.15) is 4.98 Å². The van der Waals surface area contributed by atoms with E-state index in [0.717, 1.165) is 24.0 Å². The number of benzene rings is 1. The zero-order chi connectivity index (χ0) is 28.4. The fourth-order valence-corrected chi connectivity index (χ4v) is 5.77. The molecule has 2 saturated carbocycles. The summed E-state index contributed by atoms with van der Waals surface area (Å²) in [4.78, 5) is 61.8. The number of nitrogens with two attached hydrogens (primary N) is 1. The van der Waals surface area contributed by atoms with Crippen molar-refractivity contribution in [2.45, 2.75) is 70.1 Å². The summed E-state index contributed by atoms with van der Waals surface area (Å²) in [5.74, 6) is -1.84. The molecule has 2 aliphatic carbocycles. The Kier molecular flexibility index (Phi) is 7.73. The normalized spacial score (nSPS) is 29.6. The Bertz CT molecular complexity index is 1350. The fraction of sp³-hybridized carbons (Fsp3) is 0.517. The molecule has 2 aromatic rings. The van der Waals surface area contributed by atoms with Gasteiger partial charge in [-0.3, -0.25) is 14.5 Å². The van der Waals surface area contributed by atoms with Crippen LogP contribution in [0.1, 0.15) is 52.4 Å². The van der Waals surface area contributed by atoms with Crippen molar-refractivity contribution >= 4 is 41.0 Å². The van der Waals surface area contributed by atoms with Crippen molar-refractivity contribution in [3.63, 3.8) is 0 Å². The third-order valence-corrected chi connectivity index (χ3v) is 7.97. The number of amides is 4. The summed E-state index contributed by atoms with van der Waals surface area (Å²) in [5.41, 5.74) is 5.34. The molecule has 5 atom stereocenters. The molecular weight excluding hydrogens is 512 g/mol. The van der Waals surface area contributed by atoms with Crippen molar-refractivity contribution in [2.75, 3.05) is 11.9 Å². The minimum atomic E-state index is -0.964. The van der Waals surface area contributed by atoms with Crippen LogP contribution in [0.4, 0.5) is 10.7 Å². The zero-order valence-corrected chi connectivity index (χ0v) is 22.8. The molecule has 2 heterocycles. The van der Waals surface area contributed by atoms with Crippen LogP contribution in [-0.2, 0) is 14.4 Å². The topological polar surface area (TPSA) is 157 Å². The molecule has 4 amide bonds. The van der Waals surface area contributed by atoms with Gasteiger partial charge in [-0.15, -0.1) is 0 Å². The van der Waals surface area contributed by atoms with Crippen LogP contribution in [0.2, 0.25) is 0 Å². The van der Waals surface area contributed by atoms with E-state index in [4.69, 9.17) is 10.5 Å². The van der Waals surface area contributed by atoms with E-state index in [0.29, 0.717) is 35.6 Å². The Morgan fingerprint density at radius 2 is 1.98 bits per heavy atom. The van der Waals surface area contributed by atoms with Gasteiger partial charge >= 0.3 is 6.03 Å². The van der Waals surface area contributed by atoms with Gasteiger partial charge in [0.1, 0.15) is 17.9 Å². The summed E-state index contributed by atoms with van der Waals surface area (Å²) in [6.07, 6.45) is 7.23. The number of rotatable bonds is 5. The largest absolute Gasteiger partial charge is 0.474 e. The van der Waals surface area contributed by atoms with E-state index >= 15 is 0 Å². The van der Waals surface area contributed by atoms with Crippen molar-refractivity contribution in [2.24, 2.45) is 23.5 Å². The van der Waals surface area contributed by atoms with Crippen LogP contribution in [-0.4, -0.2) is 63.2 Å². The third-order valence-electron chi connectivity index (χ3n) is 7.97. The lowest BCUT2D eigenvalue weighted by Crippen LogP contribution is -2.49. The standard InChI is InChI=1S/C29H36N6O5/c1-17(2)31-28-32-23-11-7-6-10-20(23)25(33-28)40-19-13-21-22(14-19)26(38)35(27(30)39)12-8-4-3-5-9-18-15-29(18,16-36)34-24(21)37/h5-7,9-11,16-19,21-22H,3-4,8,12-15H2,1-2H3,(H2,30,39)(H,34,37)(H,31,32,33)/b9-5+. The minimum absolute atomic E-state index is 0.0686. The summed E-state index contributed by atoms with van der Waals surface area (Å²) in [6, 6.07) is 6.72. The highest BCUT2D eigenvalue weighted by Gasteiger charge is 2.56. The number of allylic oxidation sites excluding steroid dienone is 1. The fourth-order valence-electron chi connectivity index (χ4n) is 5.77. The lowest BCUT2D eigenvalue weighted by Gasteiger charge is -2.26. The van der Waals surface area contributed by atoms with Crippen molar-refractivity contribution in [1.29, 1.82) is 0 Å². The number of anilines is 1. The number of imide groups is 1. The first-order valence-corrected chi connectivity index (χ1v) is 14.0. The van der Waals surface area contributed by atoms with Gasteiger partial charge < -0.3 is 25.9 Å². The van der Waals surface area contributed by atoms with Gasteiger partial charge in [-0.05, 0) is 64.5 Å². The van der Waals surface area contributed by atoms with Crippen LogP contribution in [0.3, 0.4) is 0 Å². The second kappa shape index (κ2) is 11.2. The number of hydrogen-bond acceptors (Lipinski definition) is 8. The Morgan fingerprint density at radius 1 is 1.20 bits per heavy atom. The summed E-state index contributed by atoms with van der Waals surface area (Å²) in [7, 11) is 0. The molecule has 0 bridgehead atoms. The van der Waals surface area contributed by atoms with Gasteiger partial charge in [0.15, 0.2) is 0 Å². The van der Waals surface area contributed by atoms with Crippen LogP contribution in [0.15, 0.2) is 36.4 Å². The number of para-hydroxylation sites is 1. The maximum Gasteiger partial charge on any atom is 0.321 e. The molecular formula is C29H36N6O5. The molecule has 11 nitrogen and oxygen atoms in total. The Hall–Kier alpha value is -4.02. The smallest absolute Gasteiger partial charge is 0.321 e. The van der Waals surface area contributed by atoms with Crippen LogP contribution >= 0.6 is 0 Å². The Balaban J connectivity index is 1.45. The molecule has 0 saturated heterocycles. The number of hydrogen-bond donors (Lipinski definition) is 3. The second-order valence-corrected chi connectivity index (χ2v) is 11.3. The monoisotopic (exact) mass is 548 g/mol. The average Bonchev–Trinajstić information content (AvgIpc) is 3.42. The summed E-state index contributed by atoms with van der Waals surface area (Å²) < 4.78 is 6.38. The van der Waals surface area contributed by atoms with Gasteiger partial charge in [0.25, 0.3) is 0 Å². The Labute approximate surface area is 232 Å². The van der Waals surface area contributed by atoms with Gasteiger partial charge in [-0.25, -0.2) is 9.78 Å². The van der Waals surface area contributed by atoms with E-state index in [-0.39, 0.29) is 31.3 Å². The molecule has 2 fully saturated rings. The maximum absolute atomic E-state index is 13.7. The number of carbonyl (C=O) groups is 4. The van der Waals surface area contributed by atoms with E-state index < -0.39 is 41.3 Å². The average molecular weight is 549 g/mol. The molecule has 4 N–H and O–H groups in total. The van der Waals surface area contributed by atoms with Gasteiger partial charge in [0.2, 0.25) is 23.6 Å². The number of carbonyl (C=O) groups excluding carboxylic acids is 4.